The molecule has 1 aromatic heterocycles. The minimum atomic E-state index is -1.12. The maximum atomic E-state index is 12.5. The Labute approximate surface area is 227 Å². The van der Waals surface area contributed by atoms with E-state index in [0.29, 0.717) is 48.1 Å². The first kappa shape index (κ1) is 26.7. The Balaban J connectivity index is 1.41. The van der Waals surface area contributed by atoms with Gasteiger partial charge in [0.05, 0.1) is 17.5 Å². The van der Waals surface area contributed by atoms with Gasteiger partial charge in [-0.15, -0.1) is 11.3 Å². The molecular weight excluding hydrogens is 506 g/mol. The molecule has 38 heavy (non-hydrogen) atoms. The van der Waals surface area contributed by atoms with E-state index in [9.17, 15) is 19.8 Å². The summed E-state index contributed by atoms with van der Waals surface area (Å²) < 4.78 is 12.0. The Morgan fingerprint density at radius 2 is 1.87 bits per heavy atom. The molecule has 1 aromatic carbocycles. The fraction of sp³-hybridized carbons (Fsp3) is 0.607. The first-order valence-electron chi connectivity index (χ1n) is 13.5. The van der Waals surface area contributed by atoms with Gasteiger partial charge in [0.15, 0.2) is 0 Å². The van der Waals surface area contributed by atoms with Gasteiger partial charge in [0.2, 0.25) is 0 Å². The Morgan fingerprint density at radius 3 is 2.47 bits per heavy atom. The van der Waals surface area contributed by atoms with Crippen molar-refractivity contribution in [3.63, 3.8) is 0 Å². The van der Waals surface area contributed by atoms with Gasteiger partial charge in [-0.25, -0.2) is 14.6 Å². The van der Waals surface area contributed by atoms with Gasteiger partial charge in [-0.3, -0.25) is 4.90 Å². The molecule has 1 atom stereocenters. The predicted octanol–water partition coefficient (Wildman–Crippen LogP) is 5.78. The second-order valence-corrected chi connectivity index (χ2v) is 12.5. The number of benzene rings is 1. The lowest BCUT2D eigenvalue weighted by atomic mass is 9.91. The molecule has 1 unspecified atom stereocenters. The Hall–Kier alpha value is -2.85. The number of thiazole rings is 1. The second kappa shape index (κ2) is 10.0. The number of rotatable bonds is 4. The number of piperidine rings is 1. The molecule has 0 spiro atoms. The van der Waals surface area contributed by atoms with Gasteiger partial charge in [-0.2, -0.15) is 0 Å². The van der Waals surface area contributed by atoms with E-state index in [1.807, 2.05) is 45.2 Å². The zero-order valence-corrected chi connectivity index (χ0v) is 23.3. The molecular formula is C28H37N3O6S. The van der Waals surface area contributed by atoms with Crippen molar-refractivity contribution in [2.24, 2.45) is 0 Å². The van der Waals surface area contributed by atoms with Crippen molar-refractivity contribution in [2.75, 3.05) is 18.0 Å². The highest BCUT2D eigenvalue weighted by molar-refractivity contribution is 7.10. The van der Waals surface area contributed by atoms with E-state index in [1.165, 1.54) is 16.2 Å². The number of carboxylic acid groups (broad SMARTS) is 1. The van der Waals surface area contributed by atoms with Crippen molar-refractivity contribution in [3.8, 4) is 17.0 Å². The number of hydrogen-bond acceptors (Lipinski definition) is 7. The summed E-state index contributed by atoms with van der Waals surface area (Å²) in [7, 11) is 0. The molecule has 0 bridgehead atoms. The first-order valence-corrected chi connectivity index (χ1v) is 14.3. The summed E-state index contributed by atoms with van der Waals surface area (Å²) in [5.41, 5.74) is 1.44. The van der Waals surface area contributed by atoms with Crippen LogP contribution in [0.3, 0.4) is 0 Å². The van der Waals surface area contributed by atoms with Crippen LogP contribution in [0.15, 0.2) is 17.5 Å². The van der Waals surface area contributed by atoms with Crippen LogP contribution in [0, 0.1) is 0 Å². The molecule has 2 N–H and O–H groups in total. The Bertz CT molecular complexity index is 1210. The number of ether oxygens (including phenoxy) is 2. The monoisotopic (exact) mass is 543 g/mol. The minimum Gasteiger partial charge on any atom is -0.489 e. The maximum absolute atomic E-state index is 12.5. The molecule has 0 radical (unpaired) electrons. The van der Waals surface area contributed by atoms with Crippen molar-refractivity contribution < 1.29 is 29.3 Å². The van der Waals surface area contributed by atoms with E-state index in [-0.39, 0.29) is 18.2 Å². The lowest BCUT2D eigenvalue weighted by Crippen LogP contribution is -2.46. The topological polar surface area (TPSA) is 112 Å². The summed E-state index contributed by atoms with van der Waals surface area (Å²) in [6, 6.07) is 3.65. The largest absolute Gasteiger partial charge is 0.489 e. The van der Waals surface area contributed by atoms with Gasteiger partial charge < -0.3 is 24.6 Å². The van der Waals surface area contributed by atoms with Crippen molar-refractivity contribution in [1.29, 1.82) is 0 Å². The highest BCUT2D eigenvalue weighted by atomic mass is 32.1. The lowest BCUT2D eigenvalue weighted by molar-refractivity contribution is -0.0357. The zero-order valence-electron chi connectivity index (χ0n) is 22.5. The predicted molar refractivity (Wildman–Crippen MR) is 145 cm³/mol. The number of fused-ring (bicyclic) bond motifs is 1. The molecule has 2 aliphatic heterocycles. The van der Waals surface area contributed by atoms with Crippen molar-refractivity contribution in [2.45, 2.75) is 96.0 Å². The zero-order chi connectivity index (χ0) is 27.2. The normalized spacial score (nSPS) is 21.4. The Kier molecular flexibility index (Phi) is 7.06. The molecule has 2 amide bonds. The quantitative estimate of drug-likeness (QED) is 0.503. The average Bonchev–Trinajstić information content (AvgIpc) is 3.31. The van der Waals surface area contributed by atoms with Crippen LogP contribution < -0.4 is 9.64 Å². The number of likely N-dealkylation sites (tertiary alicyclic amines) is 1. The van der Waals surface area contributed by atoms with Crippen molar-refractivity contribution in [1.82, 2.24) is 9.88 Å². The molecule has 9 nitrogen and oxygen atoms in total. The molecule has 1 saturated carbocycles. The number of hydrogen-bond donors (Lipinski definition) is 2. The number of carbonyl (C=O) groups is 2. The molecule has 206 valence electrons. The minimum absolute atomic E-state index is 0.103. The average molecular weight is 544 g/mol. The highest BCUT2D eigenvalue weighted by Crippen LogP contribution is 2.46. The molecule has 2 fully saturated rings. The van der Waals surface area contributed by atoms with Gasteiger partial charge in [-0.05, 0) is 71.9 Å². The maximum Gasteiger partial charge on any atom is 0.412 e. The third-order valence-electron chi connectivity index (χ3n) is 7.71. The van der Waals surface area contributed by atoms with Gasteiger partial charge in [-0.1, -0.05) is 0 Å². The number of amides is 2. The van der Waals surface area contributed by atoms with Crippen LogP contribution in [0.25, 0.3) is 11.3 Å². The van der Waals surface area contributed by atoms with Gasteiger partial charge in [0, 0.05) is 48.5 Å². The van der Waals surface area contributed by atoms with Crippen LogP contribution in [-0.4, -0.2) is 63.1 Å². The third-order valence-corrected chi connectivity index (χ3v) is 8.75. The standard InChI is InChI=1S/C28H37N3O6S/c1-17-8-9-20-22(31(17)25(32)33)11-10-19(23(20)36-18-6-5-7-18)21-16-38-24(29-21)28(35)12-14-30(15-13-28)26(34)37-27(2,3)4/h10-11,16-18,35H,5-9,12-15H2,1-4H3,(H,32,33). The fourth-order valence-electron chi connectivity index (χ4n) is 5.30. The smallest absolute Gasteiger partial charge is 0.412 e. The number of anilines is 1. The summed E-state index contributed by atoms with van der Waals surface area (Å²) in [5.74, 6) is 0.717. The molecule has 10 heteroatoms. The number of aliphatic hydroxyl groups is 1. The van der Waals surface area contributed by atoms with Crippen molar-refractivity contribution >= 4 is 29.2 Å². The van der Waals surface area contributed by atoms with Crippen LogP contribution in [0.1, 0.15) is 76.8 Å². The van der Waals surface area contributed by atoms with E-state index in [4.69, 9.17) is 14.5 Å². The molecule has 2 aromatic rings. The summed E-state index contributed by atoms with van der Waals surface area (Å²) in [6.45, 7) is 8.22. The Morgan fingerprint density at radius 1 is 1.16 bits per heavy atom. The molecule has 1 aliphatic carbocycles. The fourth-order valence-corrected chi connectivity index (χ4v) is 6.28. The van der Waals surface area contributed by atoms with Gasteiger partial charge in [0.25, 0.3) is 0 Å². The SMILES string of the molecule is CC1CCc2c(ccc(-c3csc(C4(O)CCN(C(=O)OC(C)(C)C)CC4)n3)c2OC2CCC2)N1C(=O)O. The second-order valence-electron chi connectivity index (χ2n) is 11.7. The summed E-state index contributed by atoms with van der Waals surface area (Å²) in [4.78, 5) is 32.4. The van der Waals surface area contributed by atoms with Crippen LogP contribution in [0.2, 0.25) is 0 Å². The van der Waals surface area contributed by atoms with Crippen LogP contribution >= 0.6 is 11.3 Å². The van der Waals surface area contributed by atoms with Gasteiger partial charge in [0.1, 0.15) is 22.0 Å². The molecule has 3 heterocycles. The van der Waals surface area contributed by atoms with Crippen LogP contribution in [0.4, 0.5) is 15.3 Å². The molecule has 1 saturated heterocycles. The summed E-state index contributed by atoms with van der Waals surface area (Å²) in [6.07, 6.45) is 4.10. The van der Waals surface area contributed by atoms with Crippen LogP contribution in [-0.2, 0) is 16.8 Å². The number of nitrogens with zero attached hydrogens (tertiary/aromatic N) is 3. The molecule has 3 aliphatic rings. The van der Waals surface area contributed by atoms with E-state index in [2.05, 4.69) is 0 Å². The molecule has 5 rings (SSSR count). The third kappa shape index (κ3) is 5.20. The van der Waals surface area contributed by atoms with E-state index in [1.54, 1.807) is 4.90 Å². The van der Waals surface area contributed by atoms with E-state index >= 15 is 0 Å². The lowest BCUT2D eigenvalue weighted by Gasteiger charge is -2.37. The number of aromatic nitrogens is 1. The van der Waals surface area contributed by atoms with Crippen LogP contribution in [0.5, 0.6) is 5.75 Å². The van der Waals surface area contributed by atoms with Crippen molar-refractivity contribution in [3.05, 3.63) is 28.1 Å². The summed E-state index contributed by atoms with van der Waals surface area (Å²) >= 11 is 1.40. The van der Waals surface area contributed by atoms with Gasteiger partial charge >= 0.3 is 12.2 Å². The number of carbonyl (C=O) groups excluding carboxylic acids is 1. The van der Waals surface area contributed by atoms with E-state index in [0.717, 1.165) is 43.2 Å². The van der Waals surface area contributed by atoms with E-state index < -0.39 is 17.3 Å². The summed E-state index contributed by atoms with van der Waals surface area (Å²) in [5, 5.41) is 23.9. The highest BCUT2D eigenvalue weighted by Gasteiger charge is 2.40. The first-order chi connectivity index (χ1) is 17.9.